The van der Waals surface area contributed by atoms with E-state index in [1.165, 1.54) is 19.3 Å². The van der Waals surface area contributed by atoms with Crippen LogP contribution in [0, 0.1) is 0 Å². The van der Waals surface area contributed by atoms with Gasteiger partial charge in [0.2, 0.25) is 5.91 Å². The molecular formula is C30H30N4O4S. The predicted octanol–water partition coefficient (Wildman–Crippen LogP) is 5.83. The number of benzene rings is 3. The summed E-state index contributed by atoms with van der Waals surface area (Å²) < 4.78 is 22.7. The predicted molar refractivity (Wildman–Crippen MR) is 153 cm³/mol. The Hall–Kier alpha value is -3.98. The number of aromatic nitrogens is 2. The Morgan fingerprint density at radius 2 is 1.79 bits per heavy atom. The van der Waals surface area contributed by atoms with E-state index in [4.69, 9.17) is 15.8 Å². The fourth-order valence-electron chi connectivity index (χ4n) is 4.98. The monoisotopic (exact) mass is 543 g/mol. The first-order valence-electron chi connectivity index (χ1n) is 13.6. The van der Waals surface area contributed by atoms with Crippen LogP contribution in [0.15, 0.2) is 66.7 Å². The first kappa shape index (κ1) is 24.1. The molecule has 39 heavy (non-hydrogen) atoms. The molecule has 0 aliphatic carbocycles. The third-order valence-corrected chi connectivity index (χ3v) is 7.94. The molecule has 0 radical (unpaired) electrons. The number of amides is 2. The number of fused-ring (bicyclic) bond motifs is 1. The third kappa shape index (κ3) is 5.59. The maximum atomic E-state index is 12.0. The molecule has 3 heterocycles. The van der Waals surface area contributed by atoms with E-state index < -0.39 is 16.4 Å². The van der Waals surface area contributed by atoms with Crippen LogP contribution in [0.25, 0.3) is 11.0 Å². The Labute approximate surface area is 232 Å². The van der Waals surface area contributed by atoms with Crippen molar-refractivity contribution in [1.82, 2.24) is 14.9 Å². The van der Waals surface area contributed by atoms with E-state index in [0.717, 1.165) is 52.7 Å². The zero-order chi connectivity index (χ0) is 27.7. The van der Waals surface area contributed by atoms with Crippen molar-refractivity contribution in [3.63, 3.8) is 0 Å². The van der Waals surface area contributed by atoms with Gasteiger partial charge in [0, 0.05) is 26.2 Å². The maximum Gasteiger partial charge on any atom is 0.286 e. The first-order valence-corrected chi connectivity index (χ1v) is 13.9. The molecule has 8 nitrogen and oxygen atoms in total. The Bertz CT molecular complexity index is 1570. The van der Waals surface area contributed by atoms with Crippen LogP contribution in [0.3, 0.4) is 0 Å². The summed E-state index contributed by atoms with van der Waals surface area (Å²) in [6, 6.07) is 21.3. The Morgan fingerprint density at radius 3 is 2.56 bits per heavy atom. The number of imidazole rings is 1. The second kappa shape index (κ2) is 11.0. The Balaban J connectivity index is 1.13. The lowest BCUT2D eigenvalue weighted by Gasteiger charge is -2.30. The number of nitrogens with zero attached hydrogens (tertiary/aromatic N) is 3. The van der Waals surface area contributed by atoms with Crippen molar-refractivity contribution in [2.75, 3.05) is 18.0 Å². The molecule has 4 aromatic rings. The van der Waals surface area contributed by atoms with Gasteiger partial charge in [0.05, 0.1) is 23.3 Å². The first-order chi connectivity index (χ1) is 19.4. The van der Waals surface area contributed by atoms with Crippen LogP contribution in [-0.4, -0.2) is 39.0 Å². The van der Waals surface area contributed by atoms with Crippen molar-refractivity contribution < 1.29 is 20.4 Å². The molecular weight excluding hydrogens is 512 g/mol. The topological polar surface area (TPSA) is 85.7 Å². The fourth-order valence-corrected chi connectivity index (χ4v) is 5.73. The van der Waals surface area contributed by atoms with Gasteiger partial charge in [-0.2, -0.15) is 0 Å². The number of carbonyl (C=O) groups is 2. The van der Waals surface area contributed by atoms with Crippen molar-refractivity contribution >= 4 is 39.6 Å². The maximum absolute atomic E-state index is 12.0. The second-order valence-electron chi connectivity index (χ2n) is 9.73. The smallest absolute Gasteiger partial charge is 0.286 e. The van der Waals surface area contributed by atoms with E-state index in [-0.39, 0.29) is 13.0 Å². The molecule has 1 aromatic heterocycles. The number of carbonyl (C=O) groups excluding carboxylic acids is 2. The van der Waals surface area contributed by atoms with Crippen LogP contribution >= 0.6 is 11.8 Å². The standard InChI is InChI=1S/C30H30N4O4S/c1-33-25-18-22(38-26-8-4-3-7-24(26)34-15-5-2-6-16-34)13-14-23(25)31-28(33)19-37-21-11-9-20(10-12-21)17-27-29(35)32-30(36)39-27/h3-4,7-14,18,27H,2,5-6,15-17,19H2,1H3,(H,32,35,36)/i27D. The highest BCUT2D eigenvalue weighted by molar-refractivity contribution is 8.15. The zero-order valence-electron chi connectivity index (χ0n) is 22.7. The minimum Gasteiger partial charge on any atom is -0.486 e. The van der Waals surface area contributed by atoms with Crippen molar-refractivity contribution in [3.05, 3.63) is 78.1 Å². The van der Waals surface area contributed by atoms with Crippen molar-refractivity contribution in [3.8, 4) is 17.2 Å². The Morgan fingerprint density at radius 1 is 1.03 bits per heavy atom. The summed E-state index contributed by atoms with van der Waals surface area (Å²) in [4.78, 5) is 30.6. The van der Waals surface area contributed by atoms with E-state index in [2.05, 4.69) is 22.3 Å². The molecule has 1 atom stereocenters. The number of hydrogen-bond donors (Lipinski definition) is 1. The average molecular weight is 544 g/mol. The van der Waals surface area contributed by atoms with Gasteiger partial charge in [-0.3, -0.25) is 14.9 Å². The van der Waals surface area contributed by atoms with Crippen molar-refractivity contribution in [2.45, 2.75) is 37.5 Å². The molecule has 0 spiro atoms. The van der Waals surface area contributed by atoms with Gasteiger partial charge in [-0.1, -0.05) is 36.0 Å². The molecule has 200 valence electrons. The molecule has 6 rings (SSSR count). The van der Waals surface area contributed by atoms with Crippen molar-refractivity contribution in [1.29, 1.82) is 0 Å². The molecule has 2 saturated heterocycles. The SMILES string of the molecule is [2H]C1(Cc2ccc(OCc3nc4ccc(Oc5ccccc5N5CCCCC5)cc4n3C)cc2)SC(=O)NC1=O. The molecule has 2 fully saturated rings. The van der Waals surface area contributed by atoms with E-state index in [0.29, 0.717) is 17.5 Å². The number of para-hydroxylation sites is 2. The Kier molecular flexibility index (Phi) is 6.81. The summed E-state index contributed by atoms with van der Waals surface area (Å²) in [5, 5.41) is 0.159. The molecule has 2 aliphatic heterocycles. The van der Waals surface area contributed by atoms with Crippen LogP contribution in [0.5, 0.6) is 17.2 Å². The highest BCUT2D eigenvalue weighted by atomic mass is 32.2. The quantitative estimate of drug-likeness (QED) is 0.299. The van der Waals surface area contributed by atoms with Gasteiger partial charge >= 0.3 is 0 Å². The summed E-state index contributed by atoms with van der Waals surface area (Å²) in [5.41, 5.74) is 3.71. The number of anilines is 1. The molecule has 1 N–H and O–H groups in total. The number of imide groups is 1. The van der Waals surface area contributed by atoms with Crippen LogP contribution < -0.4 is 19.7 Å². The highest BCUT2D eigenvalue weighted by Crippen LogP contribution is 2.35. The molecule has 0 saturated carbocycles. The van der Waals surface area contributed by atoms with Gasteiger partial charge in [0.25, 0.3) is 5.24 Å². The largest absolute Gasteiger partial charge is 0.486 e. The van der Waals surface area contributed by atoms with Gasteiger partial charge in [0.1, 0.15) is 23.9 Å². The van der Waals surface area contributed by atoms with Gasteiger partial charge in [-0.15, -0.1) is 0 Å². The van der Waals surface area contributed by atoms with Gasteiger partial charge in [-0.05, 0) is 67.6 Å². The molecule has 1 unspecified atom stereocenters. The molecule has 0 bridgehead atoms. The van der Waals surface area contributed by atoms with Crippen LogP contribution in [-0.2, 0) is 24.9 Å². The minimum absolute atomic E-state index is 0.132. The number of aryl methyl sites for hydroxylation is 1. The summed E-state index contributed by atoms with van der Waals surface area (Å²) in [7, 11) is 1.96. The number of hydrogen-bond acceptors (Lipinski definition) is 7. The van der Waals surface area contributed by atoms with Crippen LogP contribution in [0.1, 0.15) is 32.0 Å². The summed E-state index contributed by atoms with van der Waals surface area (Å²) in [6.07, 6.45) is 3.82. The summed E-state index contributed by atoms with van der Waals surface area (Å²) >= 11 is 0.708. The lowest BCUT2D eigenvalue weighted by Crippen LogP contribution is -2.29. The number of rotatable bonds is 8. The molecule has 3 aromatic carbocycles. The van der Waals surface area contributed by atoms with Gasteiger partial charge in [0.15, 0.2) is 5.75 Å². The van der Waals surface area contributed by atoms with E-state index in [9.17, 15) is 9.59 Å². The van der Waals surface area contributed by atoms with Crippen molar-refractivity contribution in [2.24, 2.45) is 7.05 Å². The van der Waals surface area contributed by atoms with Gasteiger partial charge in [-0.25, -0.2) is 4.98 Å². The molecule has 9 heteroatoms. The minimum atomic E-state index is -1.54. The van der Waals surface area contributed by atoms with Crippen LogP contribution in [0.4, 0.5) is 10.5 Å². The lowest BCUT2D eigenvalue weighted by molar-refractivity contribution is -0.118. The summed E-state index contributed by atoms with van der Waals surface area (Å²) in [5.74, 6) is 2.45. The molecule has 2 amide bonds. The van der Waals surface area contributed by atoms with Gasteiger partial charge < -0.3 is 18.9 Å². The summed E-state index contributed by atoms with van der Waals surface area (Å²) in [6.45, 7) is 2.37. The third-order valence-electron chi connectivity index (χ3n) is 7.08. The van der Waals surface area contributed by atoms with Crippen LogP contribution in [0.2, 0.25) is 0 Å². The fraction of sp³-hybridized carbons (Fsp3) is 0.300. The average Bonchev–Trinajstić information content (AvgIpc) is 3.41. The zero-order valence-corrected chi connectivity index (χ0v) is 22.5. The lowest BCUT2D eigenvalue weighted by atomic mass is 10.1. The van der Waals surface area contributed by atoms with E-state index in [1.54, 1.807) is 12.1 Å². The van der Waals surface area contributed by atoms with E-state index >= 15 is 0 Å². The van der Waals surface area contributed by atoms with E-state index in [1.807, 2.05) is 54.1 Å². The highest BCUT2D eigenvalue weighted by Gasteiger charge is 2.31. The number of piperidine rings is 1. The number of thioether (sulfide) groups is 1. The normalized spacial score (nSPS) is 19.7. The molecule has 2 aliphatic rings. The number of ether oxygens (including phenoxy) is 2. The number of nitrogens with one attached hydrogen (secondary N) is 1. The second-order valence-corrected chi connectivity index (χ2v) is 10.8.